The fraction of sp³-hybridized carbons (Fsp3) is 0.184. The van der Waals surface area contributed by atoms with Gasteiger partial charge in [0, 0.05) is 17.1 Å². The Morgan fingerprint density at radius 3 is 1.88 bits per heavy atom. The van der Waals surface area contributed by atoms with Crippen molar-refractivity contribution in [1.82, 2.24) is 0 Å². The molecule has 0 radical (unpaired) electrons. The van der Waals surface area contributed by atoms with Crippen LogP contribution in [0.4, 0.5) is 28.4 Å². The molecule has 204 valence electrons. The van der Waals surface area contributed by atoms with Crippen molar-refractivity contribution in [3.05, 3.63) is 149 Å². The van der Waals surface area contributed by atoms with E-state index in [0.29, 0.717) is 0 Å². The van der Waals surface area contributed by atoms with Crippen LogP contribution in [-0.2, 0) is 12.8 Å². The number of para-hydroxylation sites is 1. The minimum absolute atomic E-state index is 1.05. The Balaban J connectivity index is 1.32. The molecule has 41 heavy (non-hydrogen) atoms. The third kappa shape index (κ3) is 5.95. The monoisotopic (exact) mass is 535 g/mol. The van der Waals surface area contributed by atoms with Crippen LogP contribution in [0.25, 0.3) is 0 Å². The first-order valence-electron chi connectivity index (χ1n) is 14.6. The number of hydrazone groups is 1. The number of fused-ring (bicyclic) bond motifs is 1. The van der Waals surface area contributed by atoms with E-state index in [1.54, 1.807) is 0 Å². The van der Waals surface area contributed by atoms with Crippen LogP contribution in [0.15, 0.2) is 120 Å². The highest BCUT2D eigenvalue weighted by Crippen LogP contribution is 2.36. The Labute approximate surface area is 244 Å². The highest BCUT2D eigenvalue weighted by atomic mass is 15.5. The highest BCUT2D eigenvalue weighted by molar-refractivity contribution is 5.84. The number of aryl methyl sites for hydroxylation is 5. The molecule has 1 aliphatic rings. The molecule has 5 aromatic rings. The van der Waals surface area contributed by atoms with Gasteiger partial charge in [0.05, 0.1) is 17.6 Å². The smallest absolute Gasteiger partial charge is 0.0655 e. The average Bonchev–Trinajstić information content (AvgIpc) is 3.01. The first-order valence-corrected chi connectivity index (χ1v) is 14.6. The van der Waals surface area contributed by atoms with Gasteiger partial charge < -0.3 is 4.90 Å². The molecule has 0 atom stereocenters. The van der Waals surface area contributed by atoms with Crippen LogP contribution in [0.2, 0.25) is 0 Å². The van der Waals surface area contributed by atoms with Crippen LogP contribution in [-0.4, -0.2) is 6.21 Å². The van der Waals surface area contributed by atoms with Crippen molar-refractivity contribution in [3.8, 4) is 0 Å². The fourth-order valence-electron chi connectivity index (χ4n) is 5.54. The lowest BCUT2D eigenvalue weighted by atomic mass is 9.91. The average molecular weight is 536 g/mol. The molecule has 6 rings (SSSR count). The van der Waals surface area contributed by atoms with Crippen LogP contribution in [0.5, 0.6) is 0 Å². The van der Waals surface area contributed by atoms with Gasteiger partial charge in [-0.15, -0.1) is 0 Å². The summed E-state index contributed by atoms with van der Waals surface area (Å²) in [4.78, 5) is 2.32. The van der Waals surface area contributed by atoms with E-state index in [0.717, 1.165) is 40.4 Å². The molecule has 3 nitrogen and oxygen atoms in total. The maximum absolute atomic E-state index is 5.00. The predicted molar refractivity (Wildman–Crippen MR) is 175 cm³/mol. The number of hydrogen-bond donors (Lipinski definition) is 0. The van der Waals surface area contributed by atoms with Crippen LogP contribution in [0.1, 0.15) is 46.2 Å². The quantitative estimate of drug-likeness (QED) is 0.152. The molecule has 0 aromatic heterocycles. The minimum Gasteiger partial charge on any atom is -0.310 e. The molecule has 0 heterocycles. The Morgan fingerprint density at radius 1 is 0.537 bits per heavy atom. The van der Waals surface area contributed by atoms with Gasteiger partial charge in [-0.05, 0) is 135 Å². The van der Waals surface area contributed by atoms with E-state index < -0.39 is 0 Å². The molecular formula is C38H37N3. The van der Waals surface area contributed by atoms with Crippen molar-refractivity contribution in [2.45, 2.75) is 46.5 Å². The van der Waals surface area contributed by atoms with E-state index >= 15 is 0 Å². The topological polar surface area (TPSA) is 18.8 Å². The molecule has 3 heteroatoms. The summed E-state index contributed by atoms with van der Waals surface area (Å²) in [6.07, 6.45) is 6.84. The van der Waals surface area contributed by atoms with Crippen molar-refractivity contribution in [2.24, 2.45) is 5.10 Å². The second-order valence-corrected chi connectivity index (χ2v) is 11.1. The van der Waals surface area contributed by atoms with Crippen molar-refractivity contribution in [2.75, 3.05) is 9.91 Å². The number of nitrogens with zero attached hydrogens (tertiary/aromatic N) is 3. The molecule has 5 aromatic carbocycles. The molecule has 0 spiro atoms. The zero-order valence-corrected chi connectivity index (χ0v) is 24.2. The molecule has 0 amide bonds. The van der Waals surface area contributed by atoms with Gasteiger partial charge in [0.15, 0.2) is 0 Å². The molecule has 0 saturated heterocycles. The van der Waals surface area contributed by atoms with Crippen molar-refractivity contribution < 1.29 is 0 Å². The zero-order valence-electron chi connectivity index (χ0n) is 24.2. The summed E-state index contributed by atoms with van der Waals surface area (Å²) in [7, 11) is 0. The first kappa shape index (κ1) is 26.6. The summed E-state index contributed by atoms with van der Waals surface area (Å²) < 4.78 is 0. The summed E-state index contributed by atoms with van der Waals surface area (Å²) in [5.41, 5.74) is 13.4. The molecule has 0 unspecified atom stereocenters. The molecule has 1 aliphatic carbocycles. The zero-order chi connectivity index (χ0) is 28.2. The van der Waals surface area contributed by atoms with Gasteiger partial charge in [0.25, 0.3) is 0 Å². The second-order valence-electron chi connectivity index (χ2n) is 11.1. The van der Waals surface area contributed by atoms with Crippen molar-refractivity contribution >= 4 is 34.7 Å². The Bertz CT molecular complexity index is 1650. The largest absolute Gasteiger partial charge is 0.310 e. The van der Waals surface area contributed by atoms with Gasteiger partial charge in [-0.2, -0.15) is 5.10 Å². The molecule has 0 fully saturated rings. The van der Waals surface area contributed by atoms with Crippen LogP contribution >= 0.6 is 0 Å². The SMILES string of the molecule is Cc1ccc(N(c2ccc(C=NN(c3ccccc3)c3ccc4c(c3)CCCC4)cc2)c2ccc(C)c(C)c2)cc1. The van der Waals surface area contributed by atoms with Gasteiger partial charge in [-0.25, -0.2) is 5.01 Å². The van der Waals surface area contributed by atoms with Gasteiger partial charge in [-0.1, -0.05) is 60.2 Å². The Kier molecular flexibility index (Phi) is 7.69. The number of anilines is 5. The molecule has 0 N–H and O–H groups in total. The van der Waals surface area contributed by atoms with Crippen LogP contribution in [0.3, 0.4) is 0 Å². The third-order valence-electron chi connectivity index (χ3n) is 8.09. The second kappa shape index (κ2) is 11.9. The van der Waals surface area contributed by atoms with Crippen molar-refractivity contribution in [1.29, 1.82) is 0 Å². The van der Waals surface area contributed by atoms with Gasteiger partial charge in [0.2, 0.25) is 0 Å². The number of benzene rings is 5. The highest BCUT2D eigenvalue weighted by Gasteiger charge is 2.15. The Hall–Kier alpha value is -4.63. The van der Waals surface area contributed by atoms with E-state index in [1.807, 2.05) is 12.3 Å². The molecular weight excluding hydrogens is 498 g/mol. The Morgan fingerprint density at radius 2 is 1.17 bits per heavy atom. The predicted octanol–water partition coefficient (Wildman–Crippen LogP) is 10.1. The van der Waals surface area contributed by atoms with Crippen molar-refractivity contribution in [3.63, 3.8) is 0 Å². The van der Waals surface area contributed by atoms with E-state index in [2.05, 4.69) is 140 Å². The van der Waals surface area contributed by atoms with Gasteiger partial charge in [0.1, 0.15) is 0 Å². The van der Waals surface area contributed by atoms with Crippen LogP contribution < -0.4 is 9.91 Å². The third-order valence-corrected chi connectivity index (χ3v) is 8.09. The first-order chi connectivity index (χ1) is 20.0. The summed E-state index contributed by atoms with van der Waals surface area (Å²) in [5.74, 6) is 0. The molecule has 0 aliphatic heterocycles. The summed E-state index contributed by atoms with van der Waals surface area (Å²) in [5, 5.41) is 7.05. The summed E-state index contributed by atoms with van der Waals surface area (Å²) in [6, 6.07) is 41.3. The van der Waals surface area contributed by atoms with E-state index in [9.17, 15) is 0 Å². The fourth-order valence-corrected chi connectivity index (χ4v) is 5.54. The van der Waals surface area contributed by atoms with E-state index in [1.165, 1.54) is 47.1 Å². The lowest BCUT2D eigenvalue weighted by molar-refractivity contribution is 0.685. The standard InChI is InChI=1S/C38H37N3/c1-28-13-19-34(20-14-28)40(37-21-15-29(2)30(3)25-37)35-22-16-31(17-23-35)27-39-41(36-11-5-4-6-12-36)38-24-18-32-9-7-8-10-33(32)26-38/h4-6,11-27H,7-10H2,1-3H3. The summed E-state index contributed by atoms with van der Waals surface area (Å²) >= 11 is 0. The summed E-state index contributed by atoms with van der Waals surface area (Å²) in [6.45, 7) is 6.46. The molecule has 0 saturated carbocycles. The van der Waals surface area contributed by atoms with Crippen LogP contribution in [0, 0.1) is 20.8 Å². The lowest BCUT2D eigenvalue weighted by Crippen LogP contribution is -2.12. The van der Waals surface area contributed by atoms with E-state index in [4.69, 9.17) is 5.10 Å². The normalized spacial score (nSPS) is 12.8. The van der Waals surface area contributed by atoms with E-state index in [-0.39, 0.29) is 0 Å². The molecule has 0 bridgehead atoms. The maximum atomic E-state index is 5.00. The van der Waals surface area contributed by atoms with Gasteiger partial charge >= 0.3 is 0 Å². The number of rotatable bonds is 7. The maximum Gasteiger partial charge on any atom is 0.0655 e. The van der Waals surface area contributed by atoms with Gasteiger partial charge in [-0.3, -0.25) is 0 Å². The lowest BCUT2D eigenvalue weighted by Gasteiger charge is -2.26. The number of hydrogen-bond acceptors (Lipinski definition) is 3. The minimum atomic E-state index is 1.05.